The number of hydrogen-bond donors (Lipinski definition) is 1. The summed E-state index contributed by atoms with van der Waals surface area (Å²) < 4.78 is 14.9. The van der Waals surface area contributed by atoms with Gasteiger partial charge in [0.15, 0.2) is 11.0 Å². The van der Waals surface area contributed by atoms with Crippen LogP contribution < -0.4 is 0 Å². The van der Waals surface area contributed by atoms with Crippen LogP contribution in [0.15, 0.2) is 29.4 Å². The van der Waals surface area contributed by atoms with Crippen molar-refractivity contribution in [2.75, 3.05) is 5.75 Å². The van der Waals surface area contributed by atoms with Crippen molar-refractivity contribution in [1.29, 1.82) is 0 Å². The van der Waals surface area contributed by atoms with Crippen molar-refractivity contribution in [2.24, 2.45) is 0 Å². The molecule has 2 aromatic rings. The van der Waals surface area contributed by atoms with E-state index in [-0.39, 0.29) is 17.1 Å². The predicted octanol–water partition coefficient (Wildman–Crippen LogP) is 3.02. The van der Waals surface area contributed by atoms with Crippen molar-refractivity contribution >= 4 is 17.7 Å². The standard InChI is InChI=1S/C14H16FN3O2S/c1-14(2,3)18-12(9-4-6-10(15)7-5-9)16-17-13(18)21-8-11(19)20/h4-7H,8H2,1-3H3,(H,19,20). The van der Waals surface area contributed by atoms with Crippen molar-refractivity contribution in [2.45, 2.75) is 31.5 Å². The minimum atomic E-state index is -0.910. The van der Waals surface area contributed by atoms with Crippen molar-refractivity contribution in [1.82, 2.24) is 14.8 Å². The van der Waals surface area contributed by atoms with E-state index in [2.05, 4.69) is 10.2 Å². The van der Waals surface area contributed by atoms with Crippen LogP contribution in [0.1, 0.15) is 20.8 Å². The molecule has 0 fully saturated rings. The number of thioether (sulfide) groups is 1. The Morgan fingerprint density at radius 2 is 1.90 bits per heavy atom. The lowest BCUT2D eigenvalue weighted by Crippen LogP contribution is -2.24. The smallest absolute Gasteiger partial charge is 0.313 e. The fourth-order valence-corrected chi connectivity index (χ4v) is 2.72. The average molecular weight is 309 g/mol. The van der Waals surface area contributed by atoms with E-state index in [9.17, 15) is 9.18 Å². The maximum Gasteiger partial charge on any atom is 0.313 e. The molecule has 0 saturated heterocycles. The SMILES string of the molecule is CC(C)(C)n1c(SCC(=O)O)nnc1-c1ccc(F)cc1. The van der Waals surface area contributed by atoms with Crippen LogP contribution in [0.4, 0.5) is 4.39 Å². The number of aliphatic carboxylic acids is 1. The summed E-state index contributed by atoms with van der Waals surface area (Å²) in [6.07, 6.45) is 0. The number of hydrogen-bond acceptors (Lipinski definition) is 4. The lowest BCUT2D eigenvalue weighted by Gasteiger charge is -2.24. The van der Waals surface area contributed by atoms with Crippen LogP contribution in [0.25, 0.3) is 11.4 Å². The Balaban J connectivity index is 2.46. The molecule has 0 aliphatic carbocycles. The number of rotatable bonds is 4. The number of benzene rings is 1. The molecule has 0 bridgehead atoms. The number of carbonyl (C=O) groups is 1. The molecule has 21 heavy (non-hydrogen) atoms. The molecular formula is C14H16FN3O2S. The first kappa shape index (κ1) is 15.5. The van der Waals surface area contributed by atoms with Gasteiger partial charge in [0, 0.05) is 11.1 Å². The van der Waals surface area contributed by atoms with E-state index in [0.29, 0.717) is 11.0 Å². The van der Waals surface area contributed by atoms with Crippen molar-refractivity contribution in [3.63, 3.8) is 0 Å². The summed E-state index contributed by atoms with van der Waals surface area (Å²) >= 11 is 1.12. The van der Waals surface area contributed by atoms with Gasteiger partial charge in [0.1, 0.15) is 5.82 Å². The molecule has 1 heterocycles. The molecule has 1 aromatic carbocycles. The third-order valence-corrected chi connectivity index (χ3v) is 3.65. The van der Waals surface area contributed by atoms with E-state index >= 15 is 0 Å². The zero-order valence-corrected chi connectivity index (χ0v) is 12.8. The number of halogens is 1. The van der Waals surface area contributed by atoms with Gasteiger partial charge in [-0.2, -0.15) is 0 Å². The molecule has 0 radical (unpaired) electrons. The normalized spacial score (nSPS) is 11.6. The molecule has 1 aromatic heterocycles. The molecular weight excluding hydrogens is 293 g/mol. The van der Waals surface area contributed by atoms with Gasteiger partial charge in [-0.15, -0.1) is 10.2 Å². The predicted molar refractivity (Wildman–Crippen MR) is 78.8 cm³/mol. The molecule has 0 atom stereocenters. The second kappa shape index (κ2) is 5.85. The molecule has 0 aliphatic heterocycles. The summed E-state index contributed by atoms with van der Waals surface area (Å²) in [7, 11) is 0. The largest absolute Gasteiger partial charge is 0.481 e. The summed E-state index contributed by atoms with van der Waals surface area (Å²) in [5.41, 5.74) is 0.412. The second-order valence-electron chi connectivity index (χ2n) is 5.50. The molecule has 0 aliphatic rings. The fraction of sp³-hybridized carbons (Fsp3) is 0.357. The quantitative estimate of drug-likeness (QED) is 0.879. The Bertz CT molecular complexity index is 647. The Morgan fingerprint density at radius 1 is 1.29 bits per heavy atom. The summed E-state index contributed by atoms with van der Waals surface area (Å²) in [4.78, 5) is 10.7. The van der Waals surface area contributed by atoms with Crippen molar-refractivity contribution in [3.05, 3.63) is 30.1 Å². The highest BCUT2D eigenvalue weighted by atomic mass is 32.2. The molecule has 2 rings (SSSR count). The van der Waals surface area contributed by atoms with Crippen molar-refractivity contribution < 1.29 is 14.3 Å². The first-order valence-electron chi connectivity index (χ1n) is 6.35. The number of carboxylic acid groups (broad SMARTS) is 1. The van der Waals surface area contributed by atoms with E-state index in [1.807, 2.05) is 25.3 Å². The monoisotopic (exact) mass is 309 g/mol. The summed E-state index contributed by atoms with van der Waals surface area (Å²) in [5.74, 6) is -0.722. The molecule has 7 heteroatoms. The molecule has 0 spiro atoms. The summed E-state index contributed by atoms with van der Waals surface area (Å²) in [6, 6.07) is 5.99. The number of aromatic nitrogens is 3. The van der Waals surface area contributed by atoms with Gasteiger partial charge in [0.05, 0.1) is 5.75 Å². The topological polar surface area (TPSA) is 68.0 Å². The van der Waals surface area contributed by atoms with E-state index in [1.165, 1.54) is 12.1 Å². The van der Waals surface area contributed by atoms with Gasteiger partial charge in [-0.25, -0.2) is 4.39 Å². The zero-order chi connectivity index (χ0) is 15.6. The van der Waals surface area contributed by atoms with Crippen LogP contribution in [0.3, 0.4) is 0 Å². The third-order valence-electron chi connectivity index (χ3n) is 2.73. The molecule has 0 saturated carbocycles. The average Bonchev–Trinajstić information content (AvgIpc) is 2.81. The zero-order valence-electron chi connectivity index (χ0n) is 12.0. The van der Waals surface area contributed by atoms with E-state index in [1.54, 1.807) is 12.1 Å². The third kappa shape index (κ3) is 3.60. The van der Waals surface area contributed by atoms with Gasteiger partial charge in [-0.3, -0.25) is 9.36 Å². The molecule has 1 N–H and O–H groups in total. The lowest BCUT2D eigenvalue weighted by atomic mass is 10.1. The van der Waals surface area contributed by atoms with E-state index in [4.69, 9.17) is 5.11 Å². The molecule has 0 unspecified atom stereocenters. The van der Waals surface area contributed by atoms with Crippen molar-refractivity contribution in [3.8, 4) is 11.4 Å². The Labute approximate surface area is 126 Å². The molecule has 0 amide bonds. The van der Waals surface area contributed by atoms with Gasteiger partial charge in [-0.05, 0) is 45.0 Å². The van der Waals surface area contributed by atoms with Gasteiger partial charge in [-0.1, -0.05) is 11.8 Å². The highest BCUT2D eigenvalue weighted by Crippen LogP contribution is 2.30. The first-order chi connectivity index (χ1) is 9.79. The Kier molecular flexibility index (Phi) is 4.32. The van der Waals surface area contributed by atoms with Crippen LogP contribution in [0.5, 0.6) is 0 Å². The highest BCUT2D eigenvalue weighted by molar-refractivity contribution is 7.99. The van der Waals surface area contributed by atoms with Crippen LogP contribution in [-0.4, -0.2) is 31.6 Å². The van der Waals surface area contributed by atoms with Crippen LogP contribution in [0.2, 0.25) is 0 Å². The number of nitrogens with zero attached hydrogens (tertiary/aromatic N) is 3. The van der Waals surface area contributed by atoms with Gasteiger partial charge in [0.2, 0.25) is 0 Å². The Hall–Kier alpha value is -1.89. The van der Waals surface area contributed by atoms with Crippen LogP contribution in [-0.2, 0) is 10.3 Å². The van der Waals surface area contributed by atoms with Gasteiger partial charge < -0.3 is 5.11 Å². The first-order valence-corrected chi connectivity index (χ1v) is 7.34. The van der Waals surface area contributed by atoms with Gasteiger partial charge >= 0.3 is 5.97 Å². The maximum absolute atomic E-state index is 13.0. The van der Waals surface area contributed by atoms with Crippen LogP contribution >= 0.6 is 11.8 Å². The summed E-state index contributed by atoms with van der Waals surface area (Å²) in [5, 5.41) is 17.5. The van der Waals surface area contributed by atoms with E-state index in [0.717, 1.165) is 17.3 Å². The molecule has 5 nitrogen and oxygen atoms in total. The number of carboxylic acids is 1. The van der Waals surface area contributed by atoms with Crippen LogP contribution in [0, 0.1) is 5.82 Å². The maximum atomic E-state index is 13.0. The Morgan fingerprint density at radius 3 is 2.43 bits per heavy atom. The van der Waals surface area contributed by atoms with Gasteiger partial charge in [0.25, 0.3) is 0 Å². The fourth-order valence-electron chi connectivity index (χ4n) is 1.88. The minimum absolute atomic E-state index is 0.0857. The highest BCUT2D eigenvalue weighted by Gasteiger charge is 2.24. The lowest BCUT2D eigenvalue weighted by molar-refractivity contribution is -0.133. The minimum Gasteiger partial charge on any atom is -0.481 e. The second-order valence-corrected chi connectivity index (χ2v) is 6.44. The molecule has 112 valence electrons. The summed E-state index contributed by atoms with van der Waals surface area (Å²) in [6.45, 7) is 5.94. The van der Waals surface area contributed by atoms with E-state index < -0.39 is 5.97 Å².